The first-order chi connectivity index (χ1) is 8.54. The number of nitrogens with zero attached hydrogens (tertiary/aromatic N) is 1. The molecule has 7 heteroatoms. The highest BCUT2D eigenvalue weighted by atomic mass is 19.1. The molecule has 1 aromatic rings. The van der Waals surface area contributed by atoms with E-state index in [0.717, 1.165) is 18.2 Å². The molecule has 1 N–H and O–H groups in total. The molecule has 0 radical (unpaired) electrons. The predicted octanol–water partition coefficient (Wildman–Crippen LogP) is 1.64. The van der Waals surface area contributed by atoms with Crippen molar-refractivity contribution >= 4 is 11.6 Å². The molecular formula is C11H13FN2O4. The Labute approximate surface area is 103 Å². The highest BCUT2D eigenvalue weighted by Crippen LogP contribution is 2.27. The fourth-order valence-corrected chi connectivity index (χ4v) is 1.29. The van der Waals surface area contributed by atoms with Crippen LogP contribution in [0.25, 0.3) is 0 Å². The SMILES string of the molecule is CCNC(=O)CCOc1cc(F)ccc1[N+](=O)[O-]. The molecule has 6 nitrogen and oxygen atoms in total. The molecule has 0 saturated carbocycles. The molecule has 18 heavy (non-hydrogen) atoms. The summed E-state index contributed by atoms with van der Waals surface area (Å²) in [5, 5.41) is 13.2. The molecule has 0 heterocycles. The lowest BCUT2D eigenvalue weighted by Gasteiger charge is -2.06. The van der Waals surface area contributed by atoms with Crippen molar-refractivity contribution in [2.24, 2.45) is 0 Å². The normalized spacial score (nSPS) is 9.89. The van der Waals surface area contributed by atoms with Crippen molar-refractivity contribution in [2.45, 2.75) is 13.3 Å². The summed E-state index contributed by atoms with van der Waals surface area (Å²) in [5.41, 5.74) is -0.327. The van der Waals surface area contributed by atoms with Gasteiger partial charge in [0.15, 0.2) is 5.75 Å². The summed E-state index contributed by atoms with van der Waals surface area (Å²) in [6.45, 7) is 2.23. The van der Waals surface area contributed by atoms with Crippen LogP contribution < -0.4 is 10.1 Å². The van der Waals surface area contributed by atoms with E-state index in [9.17, 15) is 19.3 Å². The number of rotatable bonds is 6. The molecule has 0 atom stereocenters. The number of hydrogen-bond donors (Lipinski definition) is 1. The Bertz CT molecular complexity index is 451. The van der Waals surface area contributed by atoms with Crippen LogP contribution in [-0.4, -0.2) is 24.0 Å². The molecule has 1 rings (SSSR count). The van der Waals surface area contributed by atoms with Crippen LogP contribution in [0.3, 0.4) is 0 Å². The number of hydrogen-bond acceptors (Lipinski definition) is 4. The Morgan fingerprint density at radius 2 is 2.28 bits per heavy atom. The largest absolute Gasteiger partial charge is 0.486 e. The van der Waals surface area contributed by atoms with Crippen LogP contribution in [0.5, 0.6) is 5.75 Å². The quantitative estimate of drug-likeness (QED) is 0.619. The van der Waals surface area contributed by atoms with Gasteiger partial charge in [0.1, 0.15) is 5.82 Å². The smallest absolute Gasteiger partial charge is 0.311 e. The number of nitro groups is 1. The first-order valence-electron chi connectivity index (χ1n) is 5.38. The summed E-state index contributed by atoms with van der Waals surface area (Å²) in [6.07, 6.45) is 0.0571. The van der Waals surface area contributed by atoms with E-state index in [1.54, 1.807) is 6.92 Å². The summed E-state index contributed by atoms with van der Waals surface area (Å²) >= 11 is 0. The van der Waals surface area contributed by atoms with Crippen LogP contribution in [0.4, 0.5) is 10.1 Å². The fourth-order valence-electron chi connectivity index (χ4n) is 1.29. The molecule has 0 aliphatic heterocycles. The van der Waals surface area contributed by atoms with Crippen LogP contribution in [0.15, 0.2) is 18.2 Å². The Balaban J connectivity index is 2.63. The Hall–Kier alpha value is -2.18. The first-order valence-corrected chi connectivity index (χ1v) is 5.38. The van der Waals surface area contributed by atoms with E-state index in [4.69, 9.17) is 4.74 Å². The van der Waals surface area contributed by atoms with Crippen molar-refractivity contribution in [2.75, 3.05) is 13.2 Å². The van der Waals surface area contributed by atoms with Crippen molar-refractivity contribution in [1.82, 2.24) is 5.32 Å². The molecule has 98 valence electrons. The zero-order valence-electron chi connectivity index (χ0n) is 9.81. The number of benzene rings is 1. The maximum Gasteiger partial charge on any atom is 0.311 e. The van der Waals surface area contributed by atoms with Crippen molar-refractivity contribution < 1.29 is 18.8 Å². The van der Waals surface area contributed by atoms with Crippen molar-refractivity contribution in [3.05, 3.63) is 34.1 Å². The molecule has 0 aliphatic carbocycles. The Morgan fingerprint density at radius 3 is 2.89 bits per heavy atom. The summed E-state index contributed by atoms with van der Waals surface area (Å²) in [5.74, 6) is -1.03. The van der Waals surface area contributed by atoms with Gasteiger partial charge in [-0.3, -0.25) is 14.9 Å². The lowest BCUT2D eigenvalue weighted by Crippen LogP contribution is -2.24. The van der Waals surface area contributed by atoms with E-state index in [0.29, 0.717) is 6.54 Å². The third-order valence-electron chi connectivity index (χ3n) is 2.08. The van der Waals surface area contributed by atoms with Crippen LogP contribution in [0.2, 0.25) is 0 Å². The van der Waals surface area contributed by atoms with Gasteiger partial charge in [0, 0.05) is 18.7 Å². The van der Waals surface area contributed by atoms with Crippen LogP contribution in [0.1, 0.15) is 13.3 Å². The van der Waals surface area contributed by atoms with Gasteiger partial charge in [-0.2, -0.15) is 0 Å². The van der Waals surface area contributed by atoms with Gasteiger partial charge in [-0.25, -0.2) is 4.39 Å². The van der Waals surface area contributed by atoms with Crippen LogP contribution in [-0.2, 0) is 4.79 Å². The van der Waals surface area contributed by atoms with E-state index in [1.807, 2.05) is 0 Å². The van der Waals surface area contributed by atoms with Crippen LogP contribution >= 0.6 is 0 Å². The molecule has 1 aromatic carbocycles. The minimum Gasteiger partial charge on any atom is -0.486 e. The highest BCUT2D eigenvalue weighted by Gasteiger charge is 2.16. The van der Waals surface area contributed by atoms with Gasteiger partial charge in [-0.05, 0) is 13.0 Å². The summed E-state index contributed by atoms with van der Waals surface area (Å²) in [7, 11) is 0. The van der Waals surface area contributed by atoms with Gasteiger partial charge in [0.2, 0.25) is 5.91 Å². The van der Waals surface area contributed by atoms with E-state index in [1.165, 1.54) is 0 Å². The minimum absolute atomic E-state index is 0.0455. The topological polar surface area (TPSA) is 81.5 Å². The molecule has 1 amide bonds. The Morgan fingerprint density at radius 1 is 1.56 bits per heavy atom. The maximum atomic E-state index is 12.9. The average Bonchev–Trinajstić information content (AvgIpc) is 2.29. The summed E-state index contributed by atoms with van der Waals surface area (Å²) in [6, 6.07) is 2.93. The summed E-state index contributed by atoms with van der Waals surface area (Å²) < 4.78 is 18.0. The molecule has 0 spiro atoms. The fraction of sp³-hybridized carbons (Fsp3) is 0.364. The molecule has 0 aromatic heterocycles. The number of nitro benzene ring substituents is 1. The second-order valence-electron chi connectivity index (χ2n) is 3.42. The van der Waals surface area contributed by atoms with Crippen molar-refractivity contribution in [3.63, 3.8) is 0 Å². The third kappa shape index (κ3) is 4.00. The third-order valence-corrected chi connectivity index (χ3v) is 2.08. The van der Waals surface area contributed by atoms with Gasteiger partial charge in [-0.1, -0.05) is 0 Å². The lowest BCUT2D eigenvalue weighted by molar-refractivity contribution is -0.385. The molecule has 0 unspecified atom stereocenters. The molecule has 0 fully saturated rings. The van der Waals surface area contributed by atoms with Gasteiger partial charge in [-0.15, -0.1) is 0 Å². The maximum absolute atomic E-state index is 12.9. The van der Waals surface area contributed by atoms with Crippen molar-refractivity contribution in [1.29, 1.82) is 0 Å². The standard InChI is InChI=1S/C11H13FN2O4/c1-2-13-11(15)5-6-18-10-7-8(12)3-4-9(10)14(16)17/h3-4,7H,2,5-6H2,1H3,(H,13,15). The predicted molar refractivity (Wildman–Crippen MR) is 61.9 cm³/mol. The van der Waals surface area contributed by atoms with Gasteiger partial charge in [0.05, 0.1) is 18.0 Å². The van der Waals surface area contributed by atoms with Gasteiger partial charge in [0.25, 0.3) is 0 Å². The first kappa shape index (κ1) is 13.9. The van der Waals surface area contributed by atoms with Crippen molar-refractivity contribution in [3.8, 4) is 5.75 Å². The molecule has 0 aliphatic rings. The number of ether oxygens (including phenoxy) is 1. The molecular weight excluding hydrogens is 243 g/mol. The Kier molecular flexibility index (Phi) is 5.04. The summed E-state index contributed by atoms with van der Waals surface area (Å²) in [4.78, 5) is 21.1. The number of amides is 1. The number of nitrogens with one attached hydrogen (secondary N) is 1. The minimum atomic E-state index is -0.666. The number of carbonyl (C=O) groups excluding carboxylic acids is 1. The van der Waals surface area contributed by atoms with E-state index < -0.39 is 10.7 Å². The number of halogens is 1. The lowest BCUT2D eigenvalue weighted by atomic mass is 10.3. The van der Waals surface area contributed by atoms with E-state index >= 15 is 0 Å². The van der Waals surface area contributed by atoms with E-state index in [-0.39, 0.29) is 30.4 Å². The van der Waals surface area contributed by atoms with Crippen LogP contribution in [0, 0.1) is 15.9 Å². The zero-order valence-corrected chi connectivity index (χ0v) is 9.81. The van der Waals surface area contributed by atoms with Gasteiger partial charge >= 0.3 is 5.69 Å². The molecule has 0 saturated heterocycles. The second kappa shape index (κ2) is 6.53. The zero-order chi connectivity index (χ0) is 13.5. The van der Waals surface area contributed by atoms with E-state index in [2.05, 4.69) is 5.32 Å². The molecule has 0 bridgehead atoms. The second-order valence-corrected chi connectivity index (χ2v) is 3.42. The highest BCUT2D eigenvalue weighted by molar-refractivity contribution is 5.75. The number of carbonyl (C=O) groups is 1. The van der Waals surface area contributed by atoms with Gasteiger partial charge < -0.3 is 10.1 Å². The average molecular weight is 256 g/mol. The monoisotopic (exact) mass is 256 g/mol.